The summed E-state index contributed by atoms with van der Waals surface area (Å²) in [6.07, 6.45) is 1.14. The zero-order valence-corrected chi connectivity index (χ0v) is 9.88. The Balaban J connectivity index is 0.00000196. The molecule has 86 valence electrons. The molecule has 0 aliphatic heterocycles. The van der Waals surface area contributed by atoms with Crippen molar-refractivity contribution in [3.8, 4) is 0 Å². The first kappa shape index (κ1) is 14.4. The van der Waals surface area contributed by atoms with Crippen LogP contribution in [0.2, 0.25) is 0 Å². The number of aliphatic hydroxyl groups is 1. The van der Waals surface area contributed by atoms with Crippen LogP contribution in [-0.4, -0.2) is 26.4 Å². The SMILES string of the molecule is CS(=O)(=O)c1cccc(C(N)CO)c1.Cl. The van der Waals surface area contributed by atoms with Gasteiger partial charge in [0.15, 0.2) is 9.84 Å². The van der Waals surface area contributed by atoms with Crippen molar-refractivity contribution in [1.29, 1.82) is 0 Å². The van der Waals surface area contributed by atoms with Gasteiger partial charge in [-0.25, -0.2) is 8.42 Å². The Morgan fingerprint density at radius 2 is 2.07 bits per heavy atom. The Bertz CT molecular complexity index is 419. The van der Waals surface area contributed by atoms with E-state index in [1.165, 1.54) is 12.1 Å². The first-order valence-electron chi connectivity index (χ1n) is 4.11. The summed E-state index contributed by atoms with van der Waals surface area (Å²) in [6.45, 7) is -0.201. The summed E-state index contributed by atoms with van der Waals surface area (Å²) in [5.74, 6) is 0. The summed E-state index contributed by atoms with van der Waals surface area (Å²) >= 11 is 0. The Kier molecular flexibility index (Phi) is 5.23. The van der Waals surface area contributed by atoms with Crippen molar-refractivity contribution < 1.29 is 13.5 Å². The second kappa shape index (κ2) is 5.46. The molecule has 0 saturated heterocycles. The molecular weight excluding hydrogens is 238 g/mol. The van der Waals surface area contributed by atoms with Gasteiger partial charge in [0.05, 0.1) is 17.5 Å². The molecule has 0 amide bonds. The van der Waals surface area contributed by atoms with Gasteiger partial charge in [-0.2, -0.15) is 0 Å². The number of nitrogens with two attached hydrogens (primary N) is 1. The van der Waals surface area contributed by atoms with Crippen molar-refractivity contribution in [3.63, 3.8) is 0 Å². The fourth-order valence-corrected chi connectivity index (χ4v) is 1.76. The summed E-state index contributed by atoms with van der Waals surface area (Å²) in [5.41, 5.74) is 6.18. The van der Waals surface area contributed by atoms with Gasteiger partial charge in [-0.15, -0.1) is 12.4 Å². The van der Waals surface area contributed by atoms with E-state index in [1.54, 1.807) is 12.1 Å². The predicted octanol–water partition coefficient (Wildman–Crippen LogP) is 0.504. The molecule has 0 saturated carbocycles. The van der Waals surface area contributed by atoms with Crippen LogP contribution in [0.1, 0.15) is 11.6 Å². The average molecular weight is 252 g/mol. The van der Waals surface area contributed by atoms with Gasteiger partial charge in [0.2, 0.25) is 0 Å². The molecule has 1 atom stereocenters. The van der Waals surface area contributed by atoms with Crippen LogP contribution in [-0.2, 0) is 9.84 Å². The lowest BCUT2D eigenvalue weighted by Crippen LogP contribution is -2.14. The molecule has 15 heavy (non-hydrogen) atoms. The lowest BCUT2D eigenvalue weighted by atomic mass is 10.1. The molecule has 1 aromatic carbocycles. The van der Waals surface area contributed by atoms with E-state index in [2.05, 4.69) is 0 Å². The summed E-state index contributed by atoms with van der Waals surface area (Å²) in [6, 6.07) is 5.76. The van der Waals surface area contributed by atoms with E-state index in [0.717, 1.165) is 6.26 Å². The Morgan fingerprint density at radius 1 is 1.47 bits per heavy atom. The van der Waals surface area contributed by atoms with E-state index in [9.17, 15) is 8.42 Å². The summed E-state index contributed by atoms with van der Waals surface area (Å²) < 4.78 is 22.4. The number of aliphatic hydroxyl groups excluding tert-OH is 1. The standard InChI is InChI=1S/C9H13NO3S.ClH/c1-14(12,13)8-4-2-3-7(5-8)9(10)6-11;/h2-5,9,11H,6,10H2,1H3;1H. The summed E-state index contributed by atoms with van der Waals surface area (Å²) in [5, 5.41) is 8.81. The second-order valence-electron chi connectivity index (χ2n) is 3.13. The number of hydrogen-bond acceptors (Lipinski definition) is 4. The monoisotopic (exact) mass is 251 g/mol. The van der Waals surface area contributed by atoms with Crippen molar-refractivity contribution in [3.05, 3.63) is 29.8 Å². The van der Waals surface area contributed by atoms with Crippen LogP contribution in [0.3, 0.4) is 0 Å². The number of halogens is 1. The van der Waals surface area contributed by atoms with Gasteiger partial charge in [-0.3, -0.25) is 0 Å². The van der Waals surface area contributed by atoms with Crippen molar-refractivity contribution in [2.45, 2.75) is 10.9 Å². The second-order valence-corrected chi connectivity index (χ2v) is 5.15. The topological polar surface area (TPSA) is 80.4 Å². The van der Waals surface area contributed by atoms with Crippen molar-refractivity contribution in [2.75, 3.05) is 12.9 Å². The maximum Gasteiger partial charge on any atom is 0.175 e. The molecule has 1 aromatic rings. The van der Waals surface area contributed by atoms with Gasteiger partial charge in [-0.1, -0.05) is 12.1 Å². The third-order valence-electron chi connectivity index (χ3n) is 1.91. The van der Waals surface area contributed by atoms with Crippen LogP contribution in [0.15, 0.2) is 29.2 Å². The van der Waals surface area contributed by atoms with Gasteiger partial charge < -0.3 is 10.8 Å². The molecule has 0 bridgehead atoms. The van der Waals surface area contributed by atoms with Crippen molar-refractivity contribution in [1.82, 2.24) is 0 Å². The van der Waals surface area contributed by atoms with E-state index in [4.69, 9.17) is 10.8 Å². The first-order valence-corrected chi connectivity index (χ1v) is 6.00. The average Bonchev–Trinajstić information content (AvgIpc) is 2.15. The molecular formula is C9H14ClNO3S. The van der Waals surface area contributed by atoms with Gasteiger partial charge in [0.25, 0.3) is 0 Å². The number of benzene rings is 1. The molecule has 0 aromatic heterocycles. The van der Waals surface area contributed by atoms with Crippen LogP contribution in [0.4, 0.5) is 0 Å². The predicted molar refractivity (Wildman–Crippen MR) is 60.8 cm³/mol. The van der Waals surface area contributed by atoms with Gasteiger partial charge in [0, 0.05) is 6.26 Å². The highest BCUT2D eigenvalue weighted by molar-refractivity contribution is 7.90. The van der Waals surface area contributed by atoms with Crippen LogP contribution < -0.4 is 5.73 Å². The van der Waals surface area contributed by atoms with Crippen LogP contribution >= 0.6 is 12.4 Å². The molecule has 1 unspecified atom stereocenters. The zero-order valence-electron chi connectivity index (χ0n) is 8.25. The van der Waals surface area contributed by atoms with Gasteiger partial charge in [-0.05, 0) is 17.7 Å². The first-order chi connectivity index (χ1) is 6.45. The normalized spacial score (nSPS) is 13.0. The molecule has 0 aliphatic carbocycles. The number of hydrogen-bond donors (Lipinski definition) is 2. The maximum absolute atomic E-state index is 11.2. The molecule has 0 heterocycles. The third kappa shape index (κ3) is 3.79. The largest absolute Gasteiger partial charge is 0.394 e. The van der Waals surface area contributed by atoms with Crippen molar-refractivity contribution >= 4 is 22.2 Å². The highest BCUT2D eigenvalue weighted by Crippen LogP contribution is 2.15. The Hall–Kier alpha value is -0.620. The number of rotatable bonds is 3. The molecule has 0 fully saturated rings. The molecule has 1 rings (SSSR count). The summed E-state index contributed by atoms with van der Waals surface area (Å²) in [4.78, 5) is 0.221. The lowest BCUT2D eigenvalue weighted by molar-refractivity contribution is 0.268. The quantitative estimate of drug-likeness (QED) is 0.820. The Morgan fingerprint density at radius 3 is 2.53 bits per heavy atom. The van der Waals surface area contributed by atoms with Crippen LogP contribution in [0, 0.1) is 0 Å². The lowest BCUT2D eigenvalue weighted by Gasteiger charge is -2.09. The minimum atomic E-state index is -3.20. The van der Waals surface area contributed by atoms with Crippen LogP contribution in [0.5, 0.6) is 0 Å². The molecule has 6 heteroatoms. The number of sulfone groups is 1. The smallest absolute Gasteiger partial charge is 0.175 e. The highest BCUT2D eigenvalue weighted by Gasteiger charge is 2.10. The summed E-state index contributed by atoms with van der Waals surface area (Å²) in [7, 11) is -3.20. The fourth-order valence-electron chi connectivity index (χ4n) is 1.08. The van der Waals surface area contributed by atoms with E-state index in [1.807, 2.05) is 0 Å². The van der Waals surface area contributed by atoms with Gasteiger partial charge >= 0.3 is 0 Å². The molecule has 0 spiro atoms. The zero-order chi connectivity index (χ0) is 10.8. The van der Waals surface area contributed by atoms with Crippen molar-refractivity contribution in [2.24, 2.45) is 5.73 Å². The minimum absolute atomic E-state index is 0. The van der Waals surface area contributed by atoms with E-state index in [-0.39, 0.29) is 23.9 Å². The fraction of sp³-hybridized carbons (Fsp3) is 0.333. The molecule has 0 radical (unpaired) electrons. The van der Waals surface area contributed by atoms with E-state index in [0.29, 0.717) is 5.56 Å². The molecule has 0 aliphatic rings. The maximum atomic E-state index is 11.2. The molecule has 3 N–H and O–H groups in total. The van der Waals surface area contributed by atoms with Gasteiger partial charge in [0.1, 0.15) is 0 Å². The third-order valence-corrected chi connectivity index (χ3v) is 3.02. The Labute approximate surface area is 95.4 Å². The molecule has 4 nitrogen and oxygen atoms in total. The minimum Gasteiger partial charge on any atom is -0.394 e. The van der Waals surface area contributed by atoms with Crippen LogP contribution in [0.25, 0.3) is 0 Å². The van der Waals surface area contributed by atoms with E-state index < -0.39 is 15.9 Å². The van der Waals surface area contributed by atoms with E-state index >= 15 is 0 Å². The highest BCUT2D eigenvalue weighted by atomic mass is 35.5.